The number of anilines is 1. The van der Waals surface area contributed by atoms with E-state index in [4.69, 9.17) is 16.6 Å². The Kier molecular flexibility index (Phi) is 3.14. The molecule has 0 aliphatic heterocycles. The van der Waals surface area contributed by atoms with Gasteiger partial charge in [-0.05, 0) is 35.8 Å². The van der Waals surface area contributed by atoms with E-state index in [9.17, 15) is 0 Å². The molecule has 4 nitrogen and oxygen atoms in total. The number of nitrogens with zero attached hydrogens (tertiary/aromatic N) is 1. The maximum Gasteiger partial charge on any atom is 0.128 e. The molecule has 0 aliphatic carbocycles. The first-order chi connectivity index (χ1) is 6.38. The molecule has 0 saturated heterocycles. The first-order valence-corrected chi connectivity index (χ1v) is 5.00. The first-order valence-electron chi connectivity index (χ1n) is 4.21. The van der Waals surface area contributed by atoms with Crippen LogP contribution in [0.3, 0.4) is 0 Å². The van der Waals surface area contributed by atoms with Crippen LogP contribution in [0.2, 0.25) is 0 Å². The number of rotatable bonds is 2. The fourth-order valence-corrected chi connectivity index (χ4v) is 1.46. The van der Waals surface area contributed by atoms with Gasteiger partial charge >= 0.3 is 0 Å². The van der Waals surface area contributed by atoms with E-state index in [1.807, 2.05) is 6.92 Å². The third-order valence-electron chi connectivity index (χ3n) is 2.12. The number of nitrogens with two attached hydrogens (primary N) is 2. The van der Waals surface area contributed by atoms with Crippen molar-refractivity contribution in [1.82, 2.24) is 4.98 Å². The Balaban J connectivity index is 3.29. The molecule has 14 heavy (non-hydrogen) atoms. The molecule has 0 aromatic carbocycles. The highest BCUT2D eigenvalue weighted by Gasteiger charge is 2.24. The fraction of sp³-hybridized carbons (Fsp3) is 0.444. The van der Waals surface area contributed by atoms with Crippen molar-refractivity contribution >= 4 is 21.7 Å². The predicted molar refractivity (Wildman–Crippen MR) is 59.7 cm³/mol. The van der Waals surface area contributed by atoms with Crippen LogP contribution in [0.1, 0.15) is 18.2 Å². The van der Waals surface area contributed by atoms with Gasteiger partial charge in [0.05, 0.1) is 17.8 Å². The van der Waals surface area contributed by atoms with Gasteiger partial charge in [-0.3, -0.25) is 0 Å². The second-order valence-electron chi connectivity index (χ2n) is 3.56. The summed E-state index contributed by atoms with van der Waals surface area (Å²) >= 11 is 3.35. The van der Waals surface area contributed by atoms with E-state index in [2.05, 4.69) is 20.9 Å². The summed E-state index contributed by atoms with van der Waals surface area (Å²) in [5, 5.41) is 9.11. The monoisotopic (exact) mass is 259 g/mol. The Bertz CT molecular complexity index is 352. The maximum atomic E-state index is 9.11. The number of aromatic nitrogens is 1. The average Bonchev–Trinajstić information content (AvgIpc) is 2.11. The van der Waals surface area contributed by atoms with Gasteiger partial charge in [-0.2, -0.15) is 0 Å². The van der Waals surface area contributed by atoms with Crippen LogP contribution in [0.5, 0.6) is 0 Å². The van der Waals surface area contributed by atoms with Crippen LogP contribution in [0, 0.1) is 6.92 Å². The summed E-state index contributed by atoms with van der Waals surface area (Å²) in [4.78, 5) is 4.13. The molecule has 0 unspecified atom stereocenters. The maximum absolute atomic E-state index is 9.11. The van der Waals surface area contributed by atoms with Gasteiger partial charge in [-0.25, -0.2) is 4.98 Å². The van der Waals surface area contributed by atoms with Gasteiger partial charge in [0.1, 0.15) is 5.82 Å². The minimum absolute atomic E-state index is 0.172. The molecular weight excluding hydrogens is 246 g/mol. The molecular formula is C9H14BrN3O. The van der Waals surface area contributed by atoms with Crippen molar-refractivity contribution in [2.75, 3.05) is 12.3 Å². The molecule has 0 spiro atoms. The number of aliphatic hydroxyl groups is 1. The highest BCUT2D eigenvalue weighted by Crippen LogP contribution is 2.27. The molecule has 78 valence electrons. The highest BCUT2D eigenvalue weighted by atomic mass is 79.9. The van der Waals surface area contributed by atoms with E-state index >= 15 is 0 Å². The van der Waals surface area contributed by atoms with Gasteiger partial charge in [0.2, 0.25) is 0 Å². The van der Waals surface area contributed by atoms with Crippen molar-refractivity contribution in [3.05, 3.63) is 21.8 Å². The Morgan fingerprint density at radius 3 is 2.71 bits per heavy atom. The molecule has 1 aromatic heterocycles. The molecule has 1 heterocycles. The van der Waals surface area contributed by atoms with E-state index in [1.54, 1.807) is 13.0 Å². The van der Waals surface area contributed by atoms with Gasteiger partial charge in [0.15, 0.2) is 0 Å². The smallest absolute Gasteiger partial charge is 0.128 e. The van der Waals surface area contributed by atoms with Crippen molar-refractivity contribution in [2.24, 2.45) is 5.73 Å². The Hall–Kier alpha value is -0.650. The summed E-state index contributed by atoms with van der Waals surface area (Å²) in [5.74, 6) is 0.366. The lowest BCUT2D eigenvalue weighted by molar-refractivity contribution is 0.210. The number of aliphatic hydroxyl groups excluding tert-OH is 1. The molecule has 0 amide bonds. The number of pyridine rings is 1. The molecule has 5 heteroatoms. The molecule has 1 atom stereocenters. The molecule has 0 saturated carbocycles. The van der Waals surface area contributed by atoms with Crippen molar-refractivity contribution in [2.45, 2.75) is 19.4 Å². The van der Waals surface area contributed by atoms with Crippen molar-refractivity contribution in [1.29, 1.82) is 0 Å². The summed E-state index contributed by atoms with van der Waals surface area (Å²) in [5.41, 5.74) is 12.2. The average molecular weight is 260 g/mol. The number of hydrogen-bond donors (Lipinski definition) is 3. The Morgan fingerprint density at radius 2 is 2.21 bits per heavy atom. The van der Waals surface area contributed by atoms with Crippen LogP contribution in [-0.4, -0.2) is 16.7 Å². The highest BCUT2D eigenvalue weighted by molar-refractivity contribution is 9.10. The van der Waals surface area contributed by atoms with E-state index in [-0.39, 0.29) is 6.61 Å². The third kappa shape index (κ3) is 2.05. The summed E-state index contributed by atoms with van der Waals surface area (Å²) < 4.78 is 0.840. The fourth-order valence-electron chi connectivity index (χ4n) is 1.14. The zero-order valence-corrected chi connectivity index (χ0v) is 9.80. The topological polar surface area (TPSA) is 85.2 Å². The van der Waals surface area contributed by atoms with Gasteiger partial charge in [0, 0.05) is 10.0 Å². The van der Waals surface area contributed by atoms with Crippen LogP contribution in [0.4, 0.5) is 5.82 Å². The van der Waals surface area contributed by atoms with Crippen LogP contribution in [-0.2, 0) is 5.54 Å². The van der Waals surface area contributed by atoms with Crippen LogP contribution in [0.25, 0.3) is 0 Å². The SMILES string of the molecule is Cc1nc(N)c([C@](C)(N)CO)cc1Br. The zero-order chi connectivity index (χ0) is 10.9. The molecule has 0 aliphatic rings. The van der Waals surface area contributed by atoms with Crippen LogP contribution >= 0.6 is 15.9 Å². The predicted octanol–water partition coefficient (Wildman–Crippen LogP) is 0.901. The lowest BCUT2D eigenvalue weighted by Crippen LogP contribution is -2.38. The Morgan fingerprint density at radius 1 is 1.64 bits per heavy atom. The third-order valence-corrected chi connectivity index (χ3v) is 2.93. The first kappa shape index (κ1) is 11.4. The van der Waals surface area contributed by atoms with E-state index in [0.29, 0.717) is 11.4 Å². The van der Waals surface area contributed by atoms with E-state index in [0.717, 1.165) is 10.2 Å². The minimum atomic E-state index is -0.854. The standard InChI is InChI=1S/C9H14BrN3O/c1-5-7(10)3-6(8(11)13-5)9(2,12)4-14/h3,14H,4,12H2,1-2H3,(H2,11,13)/t9-/m1/s1. The zero-order valence-electron chi connectivity index (χ0n) is 8.21. The molecule has 0 radical (unpaired) electrons. The number of halogens is 1. The van der Waals surface area contributed by atoms with Crippen LogP contribution < -0.4 is 11.5 Å². The second kappa shape index (κ2) is 3.84. The van der Waals surface area contributed by atoms with Crippen molar-refractivity contribution < 1.29 is 5.11 Å². The Labute approximate surface area is 91.5 Å². The summed E-state index contributed by atoms with van der Waals surface area (Å²) in [7, 11) is 0. The quantitative estimate of drug-likeness (QED) is 0.737. The number of hydrogen-bond acceptors (Lipinski definition) is 4. The molecule has 0 bridgehead atoms. The van der Waals surface area contributed by atoms with Gasteiger partial charge in [-0.1, -0.05) is 0 Å². The summed E-state index contributed by atoms with van der Waals surface area (Å²) in [6.07, 6.45) is 0. The largest absolute Gasteiger partial charge is 0.394 e. The number of nitrogen functional groups attached to an aromatic ring is 1. The summed E-state index contributed by atoms with van der Waals surface area (Å²) in [6, 6.07) is 1.80. The van der Waals surface area contributed by atoms with Crippen molar-refractivity contribution in [3.63, 3.8) is 0 Å². The second-order valence-corrected chi connectivity index (χ2v) is 4.42. The van der Waals surface area contributed by atoms with Crippen LogP contribution in [0.15, 0.2) is 10.5 Å². The van der Waals surface area contributed by atoms with Crippen molar-refractivity contribution in [3.8, 4) is 0 Å². The molecule has 5 N–H and O–H groups in total. The van der Waals surface area contributed by atoms with E-state index < -0.39 is 5.54 Å². The normalized spacial score (nSPS) is 15.2. The molecule has 1 rings (SSSR count). The minimum Gasteiger partial charge on any atom is -0.394 e. The number of aryl methyl sites for hydroxylation is 1. The lowest BCUT2D eigenvalue weighted by Gasteiger charge is -2.23. The molecule has 1 aromatic rings. The van der Waals surface area contributed by atoms with Gasteiger partial charge in [0.25, 0.3) is 0 Å². The molecule has 0 fully saturated rings. The van der Waals surface area contributed by atoms with Gasteiger partial charge < -0.3 is 16.6 Å². The summed E-state index contributed by atoms with van der Waals surface area (Å²) in [6.45, 7) is 3.38. The lowest BCUT2D eigenvalue weighted by atomic mass is 9.94. The van der Waals surface area contributed by atoms with E-state index in [1.165, 1.54) is 0 Å². The van der Waals surface area contributed by atoms with Gasteiger partial charge in [-0.15, -0.1) is 0 Å².